The maximum atomic E-state index is 13.3. The number of para-hydroxylation sites is 2. The SMILES string of the molecule is CC[C@H](NC(=O)[C@@H]1CN(S(=O)(=O)Cc2ccccc2)c2ccccc2O1)c1ccccc1. The first kappa shape index (κ1) is 21.9. The molecule has 4 rings (SSSR count). The van der Waals surface area contributed by atoms with Crippen LogP contribution in [0, 0.1) is 0 Å². The van der Waals surface area contributed by atoms with Crippen LogP contribution in [0.3, 0.4) is 0 Å². The van der Waals surface area contributed by atoms with Crippen molar-refractivity contribution in [2.24, 2.45) is 0 Å². The van der Waals surface area contributed by atoms with Crippen LogP contribution in [-0.2, 0) is 20.6 Å². The van der Waals surface area contributed by atoms with E-state index in [-0.39, 0.29) is 24.2 Å². The van der Waals surface area contributed by atoms with Crippen molar-refractivity contribution >= 4 is 21.6 Å². The Balaban J connectivity index is 1.58. The molecule has 0 radical (unpaired) electrons. The number of sulfonamides is 1. The lowest BCUT2D eigenvalue weighted by atomic mass is 10.0. The van der Waals surface area contributed by atoms with Crippen LogP contribution in [0.2, 0.25) is 0 Å². The molecule has 166 valence electrons. The first-order chi connectivity index (χ1) is 15.5. The number of rotatable bonds is 7. The lowest BCUT2D eigenvalue weighted by molar-refractivity contribution is -0.128. The summed E-state index contributed by atoms with van der Waals surface area (Å²) < 4.78 is 33.9. The van der Waals surface area contributed by atoms with E-state index >= 15 is 0 Å². The maximum Gasteiger partial charge on any atom is 0.263 e. The summed E-state index contributed by atoms with van der Waals surface area (Å²) >= 11 is 0. The summed E-state index contributed by atoms with van der Waals surface area (Å²) in [7, 11) is -3.73. The molecular weight excluding hydrogens is 424 g/mol. The summed E-state index contributed by atoms with van der Waals surface area (Å²) in [6.07, 6.45) is -0.247. The zero-order valence-corrected chi connectivity index (χ0v) is 18.7. The van der Waals surface area contributed by atoms with E-state index in [2.05, 4.69) is 5.32 Å². The smallest absolute Gasteiger partial charge is 0.263 e. The summed E-state index contributed by atoms with van der Waals surface area (Å²) in [5, 5.41) is 3.02. The van der Waals surface area contributed by atoms with Crippen molar-refractivity contribution in [1.82, 2.24) is 5.32 Å². The minimum absolute atomic E-state index is 0.0801. The second-order valence-electron chi connectivity index (χ2n) is 7.73. The molecule has 3 aromatic carbocycles. The monoisotopic (exact) mass is 450 g/mol. The van der Waals surface area contributed by atoms with Gasteiger partial charge in [0.05, 0.1) is 24.0 Å². The Hall–Kier alpha value is -3.32. The van der Waals surface area contributed by atoms with Gasteiger partial charge in [0.15, 0.2) is 6.10 Å². The molecule has 0 bridgehead atoms. The van der Waals surface area contributed by atoms with Crippen LogP contribution < -0.4 is 14.4 Å². The van der Waals surface area contributed by atoms with Crippen LogP contribution in [0.15, 0.2) is 84.9 Å². The lowest BCUT2D eigenvalue weighted by Crippen LogP contribution is -2.51. The largest absolute Gasteiger partial charge is 0.476 e. The molecule has 1 heterocycles. The quantitative estimate of drug-likeness (QED) is 0.589. The number of amides is 1. The van der Waals surface area contributed by atoms with Crippen LogP contribution in [0.25, 0.3) is 0 Å². The second-order valence-corrected chi connectivity index (χ2v) is 9.62. The molecular formula is C25H26N2O4S. The van der Waals surface area contributed by atoms with Gasteiger partial charge in [-0.2, -0.15) is 0 Å². The van der Waals surface area contributed by atoms with Gasteiger partial charge in [-0.3, -0.25) is 9.10 Å². The minimum atomic E-state index is -3.73. The third-order valence-electron chi connectivity index (χ3n) is 5.48. The Morgan fingerprint density at radius 3 is 2.31 bits per heavy atom. The maximum absolute atomic E-state index is 13.3. The first-order valence-electron chi connectivity index (χ1n) is 10.6. The Bertz CT molecular complexity index is 1170. The van der Waals surface area contributed by atoms with Crippen LogP contribution in [0.5, 0.6) is 5.75 Å². The standard InChI is InChI=1S/C25H26N2O4S/c1-2-21(20-13-7-4-8-14-20)26-25(28)24-17-27(22-15-9-10-16-23(22)31-24)32(29,30)18-19-11-5-3-6-12-19/h3-16,21,24H,2,17-18H2,1H3,(H,26,28)/t21-,24-/m0/s1. The number of nitrogens with one attached hydrogen (secondary N) is 1. The van der Waals surface area contributed by atoms with Gasteiger partial charge < -0.3 is 10.1 Å². The van der Waals surface area contributed by atoms with E-state index in [1.807, 2.05) is 55.5 Å². The van der Waals surface area contributed by atoms with E-state index in [1.165, 1.54) is 4.31 Å². The molecule has 3 aromatic rings. The highest BCUT2D eigenvalue weighted by atomic mass is 32.2. The molecule has 0 saturated heterocycles. The number of carbonyl (C=O) groups excluding carboxylic acids is 1. The van der Waals surface area contributed by atoms with Crippen LogP contribution in [0.1, 0.15) is 30.5 Å². The third kappa shape index (κ3) is 4.78. The summed E-state index contributed by atoms with van der Waals surface area (Å²) in [6.45, 7) is 1.91. The van der Waals surface area contributed by atoms with E-state index < -0.39 is 16.1 Å². The highest BCUT2D eigenvalue weighted by Gasteiger charge is 2.37. The molecule has 7 heteroatoms. The molecule has 0 fully saturated rings. The third-order valence-corrected chi connectivity index (χ3v) is 7.20. The number of anilines is 1. The Morgan fingerprint density at radius 2 is 1.62 bits per heavy atom. The molecule has 1 N–H and O–H groups in total. The van der Waals surface area contributed by atoms with E-state index in [0.29, 0.717) is 23.4 Å². The molecule has 0 unspecified atom stereocenters. The van der Waals surface area contributed by atoms with Gasteiger partial charge in [-0.05, 0) is 29.7 Å². The average Bonchev–Trinajstić information content (AvgIpc) is 2.82. The normalized spacial score (nSPS) is 16.5. The molecule has 0 aromatic heterocycles. The fraction of sp³-hybridized carbons (Fsp3) is 0.240. The van der Waals surface area contributed by atoms with Crippen molar-refractivity contribution in [1.29, 1.82) is 0 Å². The Kier molecular flexibility index (Phi) is 6.46. The van der Waals surface area contributed by atoms with Crippen molar-refractivity contribution < 1.29 is 17.9 Å². The topological polar surface area (TPSA) is 75.7 Å². The van der Waals surface area contributed by atoms with Gasteiger partial charge in [0, 0.05) is 0 Å². The summed E-state index contributed by atoms with van der Waals surface area (Å²) in [5.74, 6) is -0.114. The molecule has 0 spiro atoms. The van der Waals surface area contributed by atoms with E-state index in [9.17, 15) is 13.2 Å². The van der Waals surface area contributed by atoms with Crippen molar-refractivity contribution in [3.63, 3.8) is 0 Å². The van der Waals surface area contributed by atoms with Gasteiger partial charge in [0.1, 0.15) is 5.75 Å². The molecule has 32 heavy (non-hydrogen) atoms. The number of fused-ring (bicyclic) bond motifs is 1. The van der Waals surface area contributed by atoms with Crippen molar-refractivity contribution in [3.05, 3.63) is 96.1 Å². The predicted molar refractivity (Wildman–Crippen MR) is 125 cm³/mol. The zero-order chi connectivity index (χ0) is 22.6. The lowest BCUT2D eigenvalue weighted by Gasteiger charge is -2.35. The highest BCUT2D eigenvalue weighted by Crippen LogP contribution is 2.36. The van der Waals surface area contributed by atoms with Crippen LogP contribution >= 0.6 is 0 Å². The number of hydrogen-bond acceptors (Lipinski definition) is 4. The van der Waals surface area contributed by atoms with Gasteiger partial charge in [0.25, 0.3) is 5.91 Å². The van der Waals surface area contributed by atoms with Gasteiger partial charge in [0.2, 0.25) is 10.0 Å². The van der Waals surface area contributed by atoms with E-state index in [1.54, 1.807) is 36.4 Å². The molecule has 2 atom stereocenters. The van der Waals surface area contributed by atoms with Crippen LogP contribution in [-0.4, -0.2) is 27.0 Å². The molecule has 0 aliphatic carbocycles. The molecule has 1 aliphatic heterocycles. The minimum Gasteiger partial charge on any atom is -0.476 e. The Labute approximate surface area is 188 Å². The number of nitrogens with zero attached hydrogens (tertiary/aromatic N) is 1. The van der Waals surface area contributed by atoms with E-state index in [4.69, 9.17) is 4.74 Å². The summed E-state index contributed by atoms with van der Waals surface area (Å²) in [4.78, 5) is 13.1. The fourth-order valence-electron chi connectivity index (χ4n) is 3.84. The van der Waals surface area contributed by atoms with Crippen molar-refractivity contribution in [2.75, 3.05) is 10.8 Å². The molecule has 1 aliphatic rings. The average molecular weight is 451 g/mol. The van der Waals surface area contributed by atoms with Gasteiger partial charge in [-0.15, -0.1) is 0 Å². The molecule has 1 amide bonds. The fourth-order valence-corrected chi connectivity index (χ4v) is 5.42. The predicted octanol–water partition coefficient (Wildman–Crippen LogP) is 4.05. The van der Waals surface area contributed by atoms with Crippen molar-refractivity contribution in [3.8, 4) is 5.75 Å². The number of hydrogen-bond donors (Lipinski definition) is 1. The van der Waals surface area contributed by atoms with Gasteiger partial charge in [-0.1, -0.05) is 79.7 Å². The summed E-state index contributed by atoms with van der Waals surface area (Å²) in [5.41, 5.74) is 2.13. The molecule has 6 nitrogen and oxygen atoms in total. The summed E-state index contributed by atoms with van der Waals surface area (Å²) in [6, 6.07) is 25.4. The number of ether oxygens (including phenoxy) is 1. The Morgan fingerprint density at radius 1 is 1.00 bits per heavy atom. The first-order valence-corrected chi connectivity index (χ1v) is 12.2. The second kappa shape index (κ2) is 9.44. The van der Waals surface area contributed by atoms with Crippen LogP contribution in [0.4, 0.5) is 5.69 Å². The highest BCUT2D eigenvalue weighted by molar-refractivity contribution is 7.92. The number of benzene rings is 3. The molecule has 0 saturated carbocycles. The van der Waals surface area contributed by atoms with Crippen molar-refractivity contribution in [2.45, 2.75) is 31.2 Å². The zero-order valence-electron chi connectivity index (χ0n) is 17.8. The number of carbonyl (C=O) groups is 1. The van der Waals surface area contributed by atoms with Gasteiger partial charge >= 0.3 is 0 Å². The van der Waals surface area contributed by atoms with E-state index in [0.717, 1.165) is 5.56 Å². The van der Waals surface area contributed by atoms with Gasteiger partial charge in [-0.25, -0.2) is 8.42 Å².